The first kappa shape index (κ1) is 36.2. The molecule has 0 fully saturated rings. The van der Waals surface area contributed by atoms with E-state index in [4.69, 9.17) is 27.9 Å². The molecule has 3 N–H and O–H groups in total. The number of carbonyl (C=O) groups is 4. The van der Waals surface area contributed by atoms with Crippen molar-refractivity contribution in [3.63, 3.8) is 0 Å². The maximum atomic E-state index is 13.6. The molecule has 9 nitrogen and oxygen atoms in total. The van der Waals surface area contributed by atoms with E-state index in [-0.39, 0.29) is 19.4 Å². The Balaban J connectivity index is 2.36. The molecule has 43 heavy (non-hydrogen) atoms. The Morgan fingerprint density at radius 3 is 2.19 bits per heavy atom. The maximum absolute atomic E-state index is 13.6. The van der Waals surface area contributed by atoms with Crippen LogP contribution < -0.4 is 20.9 Å². The highest BCUT2D eigenvalue weighted by molar-refractivity contribution is 7.98. The fraction of sp³-hybridized carbons (Fsp3) is 0.467. The molecule has 3 atom stereocenters. The number of hydrogen-bond donors (Lipinski definition) is 3. The molecule has 0 spiro atoms. The van der Waals surface area contributed by atoms with Crippen molar-refractivity contribution in [2.45, 2.75) is 44.3 Å². The standard InChI is InChI=1S/C30H39Cl2FN4O5S/c1-3-42-30(41)25(11-16-43-2)35-29(40)27(19-22-5-4-6-24(17-22)37(14-12-31)15-13-32)36-28(39)26(34-20-38)18-21-7-9-23(33)10-8-21/h4-10,17,20,25-27H,3,11-16,18-19H2,1-2H3,(H,34,38)(H,35,40)(H,36,39)/t25-,26-,27-/m0/s1. The molecule has 2 rings (SSSR count). The molecule has 0 saturated heterocycles. The lowest BCUT2D eigenvalue weighted by Gasteiger charge is -2.26. The summed E-state index contributed by atoms with van der Waals surface area (Å²) in [5.74, 6) is -0.799. The topological polar surface area (TPSA) is 117 Å². The van der Waals surface area contributed by atoms with Gasteiger partial charge in [0.05, 0.1) is 6.61 Å². The van der Waals surface area contributed by atoms with Crippen molar-refractivity contribution in [3.05, 3.63) is 65.5 Å². The minimum atomic E-state index is -1.10. The van der Waals surface area contributed by atoms with Crippen molar-refractivity contribution in [3.8, 4) is 0 Å². The van der Waals surface area contributed by atoms with Crippen molar-refractivity contribution >= 4 is 64.8 Å². The molecular formula is C30H39Cl2FN4O5S. The fourth-order valence-corrected chi connectivity index (χ4v) is 5.22. The number of hydrogen-bond acceptors (Lipinski definition) is 7. The maximum Gasteiger partial charge on any atom is 0.328 e. The summed E-state index contributed by atoms with van der Waals surface area (Å²) in [6.45, 7) is 2.97. The highest BCUT2D eigenvalue weighted by atomic mass is 35.5. The number of nitrogens with zero attached hydrogens (tertiary/aromatic N) is 1. The van der Waals surface area contributed by atoms with Gasteiger partial charge in [-0.1, -0.05) is 24.3 Å². The van der Waals surface area contributed by atoms with Crippen molar-refractivity contribution in [1.82, 2.24) is 16.0 Å². The molecule has 0 saturated carbocycles. The summed E-state index contributed by atoms with van der Waals surface area (Å²) in [6.07, 6.45) is 2.78. The smallest absolute Gasteiger partial charge is 0.328 e. The fourth-order valence-electron chi connectivity index (χ4n) is 4.34. The highest BCUT2D eigenvalue weighted by Crippen LogP contribution is 2.18. The lowest BCUT2D eigenvalue weighted by atomic mass is 10.0. The third-order valence-corrected chi connectivity index (χ3v) is 7.48. The van der Waals surface area contributed by atoms with Crippen LogP contribution in [0.1, 0.15) is 24.5 Å². The first-order valence-corrected chi connectivity index (χ1v) is 16.4. The SMILES string of the molecule is CCOC(=O)[C@H](CCSC)NC(=O)[C@H](Cc1cccc(N(CCCl)CCCl)c1)NC(=O)[C@H](Cc1ccc(F)cc1)NC=O. The normalized spacial score (nSPS) is 12.9. The van der Waals surface area contributed by atoms with E-state index in [1.54, 1.807) is 6.92 Å². The number of amides is 3. The van der Waals surface area contributed by atoms with Gasteiger partial charge in [-0.05, 0) is 60.7 Å². The number of anilines is 1. The van der Waals surface area contributed by atoms with Crippen molar-refractivity contribution in [1.29, 1.82) is 0 Å². The van der Waals surface area contributed by atoms with Crippen molar-refractivity contribution in [2.24, 2.45) is 0 Å². The van der Waals surface area contributed by atoms with E-state index in [1.807, 2.05) is 35.4 Å². The molecule has 2 aromatic rings. The van der Waals surface area contributed by atoms with Crippen molar-refractivity contribution in [2.75, 3.05) is 48.4 Å². The van der Waals surface area contributed by atoms with Gasteiger partial charge in [0.25, 0.3) is 0 Å². The van der Waals surface area contributed by atoms with E-state index >= 15 is 0 Å². The van der Waals surface area contributed by atoms with Gasteiger partial charge < -0.3 is 25.6 Å². The Kier molecular flexibility index (Phi) is 16.9. The average Bonchev–Trinajstić information content (AvgIpc) is 2.99. The minimum absolute atomic E-state index is 0.0691. The monoisotopic (exact) mass is 656 g/mol. The van der Waals surface area contributed by atoms with E-state index in [0.29, 0.717) is 49.0 Å². The van der Waals surface area contributed by atoms with Gasteiger partial charge >= 0.3 is 5.97 Å². The third-order valence-electron chi connectivity index (χ3n) is 6.49. The van der Waals surface area contributed by atoms with Crippen LogP contribution in [0, 0.1) is 5.82 Å². The van der Waals surface area contributed by atoms with Gasteiger partial charge in [0, 0.05) is 43.4 Å². The number of halogens is 3. The second kappa shape index (κ2) is 20.0. The highest BCUT2D eigenvalue weighted by Gasteiger charge is 2.30. The molecule has 0 unspecified atom stereocenters. The summed E-state index contributed by atoms with van der Waals surface area (Å²) in [7, 11) is 0. The van der Waals surface area contributed by atoms with Gasteiger partial charge in [0.1, 0.15) is 23.9 Å². The summed E-state index contributed by atoms with van der Waals surface area (Å²) in [6, 6.07) is 9.96. The summed E-state index contributed by atoms with van der Waals surface area (Å²) in [5.41, 5.74) is 2.20. The number of carbonyl (C=O) groups excluding carboxylic acids is 4. The number of alkyl halides is 2. The summed E-state index contributed by atoms with van der Waals surface area (Å²) < 4.78 is 18.6. The Bertz CT molecular complexity index is 1170. The largest absolute Gasteiger partial charge is 0.464 e. The molecule has 0 aromatic heterocycles. The zero-order valence-electron chi connectivity index (χ0n) is 24.3. The Labute approximate surface area is 266 Å². The van der Waals surface area contributed by atoms with E-state index < -0.39 is 41.7 Å². The summed E-state index contributed by atoms with van der Waals surface area (Å²) in [5, 5.41) is 7.98. The van der Waals surface area contributed by atoms with Gasteiger partial charge in [0.15, 0.2) is 0 Å². The van der Waals surface area contributed by atoms with Crippen LogP contribution in [0.5, 0.6) is 0 Å². The lowest BCUT2D eigenvalue weighted by molar-refractivity contribution is -0.147. The second-order valence-electron chi connectivity index (χ2n) is 9.56. The molecule has 0 aliphatic heterocycles. The number of rotatable bonds is 20. The number of thioether (sulfide) groups is 1. The minimum Gasteiger partial charge on any atom is -0.464 e. The predicted molar refractivity (Wildman–Crippen MR) is 170 cm³/mol. The van der Waals surface area contributed by atoms with Crippen LogP contribution in [0.15, 0.2) is 48.5 Å². The van der Waals surface area contributed by atoms with Gasteiger partial charge in [-0.2, -0.15) is 11.8 Å². The molecule has 236 valence electrons. The molecule has 2 aromatic carbocycles. The van der Waals surface area contributed by atoms with Crippen molar-refractivity contribution < 1.29 is 28.3 Å². The quantitative estimate of drug-likeness (QED) is 0.114. The molecule has 0 heterocycles. The molecule has 13 heteroatoms. The second-order valence-corrected chi connectivity index (χ2v) is 11.3. The number of nitrogens with one attached hydrogen (secondary N) is 3. The van der Waals surface area contributed by atoms with Gasteiger partial charge in [-0.3, -0.25) is 14.4 Å². The van der Waals surface area contributed by atoms with E-state index in [2.05, 4.69) is 16.0 Å². The number of ether oxygens (including phenoxy) is 1. The van der Waals surface area contributed by atoms with E-state index in [0.717, 1.165) is 11.3 Å². The first-order valence-electron chi connectivity index (χ1n) is 13.9. The van der Waals surface area contributed by atoms with Gasteiger partial charge in [-0.25, -0.2) is 9.18 Å². The lowest BCUT2D eigenvalue weighted by Crippen LogP contribution is -2.56. The van der Waals surface area contributed by atoms with Crippen LogP contribution >= 0.6 is 35.0 Å². The van der Waals surface area contributed by atoms with Crippen LogP contribution in [0.3, 0.4) is 0 Å². The number of benzene rings is 2. The zero-order valence-corrected chi connectivity index (χ0v) is 26.7. The Hall–Kier alpha value is -3.02. The molecule has 0 radical (unpaired) electrons. The molecule has 3 amide bonds. The molecule has 0 bridgehead atoms. The van der Waals surface area contributed by atoms with Crippen LogP contribution in [0.25, 0.3) is 0 Å². The van der Waals surface area contributed by atoms with Crippen LogP contribution in [0.4, 0.5) is 10.1 Å². The van der Waals surface area contributed by atoms with Crippen LogP contribution in [0.2, 0.25) is 0 Å². The summed E-state index contributed by atoms with van der Waals surface area (Å²) >= 11 is 13.5. The number of esters is 1. The van der Waals surface area contributed by atoms with E-state index in [1.165, 1.54) is 36.0 Å². The van der Waals surface area contributed by atoms with Gasteiger partial charge in [0.2, 0.25) is 18.2 Å². The average molecular weight is 658 g/mol. The van der Waals surface area contributed by atoms with Crippen LogP contribution in [-0.4, -0.2) is 85.8 Å². The summed E-state index contributed by atoms with van der Waals surface area (Å²) in [4.78, 5) is 53.1. The third kappa shape index (κ3) is 12.6. The van der Waals surface area contributed by atoms with E-state index in [9.17, 15) is 23.6 Å². The first-order chi connectivity index (χ1) is 20.8. The Morgan fingerprint density at radius 2 is 1.58 bits per heavy atom. The Morgan fingerprint density at radius 1 is 0.953 bits per heavy atom. The zero-order chi connectivity index (χ0) is 31.6. The molecule has 0 aliphatic carbocycles. The molecule has 0 aliphatic rings. The van der Waals surface area contributed by atoms with Gasteiger partial charge in [-0.15, -0.1) is 23.2 Å². The predicted octanol–water partition coefficient (Wildman–Crippen LogP) is 3.30. The molecular weight excluding hydrogens is 618 g/mol. The van der Waals surface area contributed by atoms with Crippen LogP contribution in [-0.2, 0) is 36.8 Å².